The minimum Gasteiger partial charge on any atom is -0.493 e. The second kappa shape index (κ2) is 10.3. The van der Waals surface area contributed by atoms with Crippen LogP contribution in [0.3, 0.4) is 0 Å². The first-order valence-corrected chi connectivity index (χ1v) is 11.3. The highest BCUT2D eigenvalue weighted by atomic mass is 35.5. The molecule has 3 aromatic rings. The number of nitrogens with one attached hydrogen (secondary N) is 1. The van der Waals surface area contributed by atoms with Crippen LogP contribution < -0.4 is 14.8 Å². The molecule has 9 heteroatoms. The summed E-state index contributed by atoms with van der Waals surface area (Å²) in [7, 11) is 1.53. The van der Waals surface area contributed by atoms with Crippen molar-refractivity contribution in [2.75, 3.05) is 7.11 Å². The molecule has 168 valence electrons. The van der Waals surface area contributed by atoms with Crippen LogP contribution in [0, 0.1) is 5.82 Å². The minimum absolute atomic E-state index is 0.193. The van der Waals surface area contributed by atoms with Gasteiger partial charge < -0.3 is 14.8 Å². The Balaban J connectivity index is 1.50. The summed E-state index contributed by atoms with van der Waals surface area (Å²) >= 11 is 13.4. The van der Waals surface area contributed by atoms with Crippen molar-refractivity contribution in [1.29, 1.82) is 0 Å². The Hall–Kier alpha value is -3.00. The van der Waals surface area contributed by atoms with E-state index < -0.39 is 0 Å². The van der Waals surface area contributed by atoms with Crippen LogP contribution in [-0.2, 0) is 11.4 Å². The zero-order valence-corrected chi connectivity index (χ0v) is 19.6. The van der Waals surface area contributed by atoms with Gasteiger partial charge >= 0.3 is 0 Å². The molecule has 0 unspecified atom stereocenters. The minimum atomic E-state index is -0.321. The molecule has 0 bridgehead atoms. The van der Waals surface area contributed by atoms with Crippen molar-refractivity contribution >= 4 is 57.8 Å². The van der Waals surface area contributed by atoms with Gasteiger partial charge in [-0.15, -0.1) is 0 Å². The van der Waals surface area contributed by atoms with Gasteiger partial charge in [-0.1, -0.05) is 47.5 Å². The van der Waals surface area contributed by atoms with Gasteiger partial charge in [0.25, 0.3) is 5.91 Å². The van der Waals surface area contributed by atoms with E-state index >= 15 is 0 Å². The van der Waals surface area contributed by atoms with Crippen LogP contribution in [0.25, 0.3) is 6.08 Å². The molecule has 1 N–H and O–H groups in total. The number of amides is 1. The van der Waals surface area contributed by atoms with E-state index in [4.69, 9.17) is 32.7 Å². The lowest BCUT2D eigenvalue weighted by atomic mass is 10.2. The van der Waals surface area contributed by atoms with E-state index in [-0.39, 0.29) is 18.3 Å². The maximum Gasteiger partial charge on any atom is 0.264 e. The fourth-order valence-corrected chi connectivity index (χ4v) is 4.17. The van der Waals surface area contributed by atoms with E-state index in [0.29, 0.717) is 42.9 Å². The molecular weight excluding hydrogens is 486 g/mol. The second-order valence-corrected chi connectivity index (χ2v) is 8.70. The van der Waals surface area contributed by atoms with E-state index in [1.54, 1.807) is 54.6 Å². The van der Waals surface area contributed by atoms with Crippen molar-refractivity contribution < 1.29 is 18.7 Å². The van der Waals surface area contributed by atoms with Crippen molar-refractivity contribution in [3.63, 3.8) is 0 Å². The second-order valence-electron chi connectivity index (χ2n) is 6.88. The molecule has 1 saturated heterocycles. The Morgan fingerprint density at radius 1 is 1.09 bits per heavy atom. The first-order valence-electron chi connectivity index (χ1n) is 9.72. The van der Waals surface area contributed by atoms with E-state index in [1.807, 2.05) is 0 Å². The van der Waals surface area contributed by atoms with Gasteiger partial charge in [-0.25, -0.2) is 9.38 Å². The van der Waals surface area contributed by atoms with Crippen molar-refractivity contribution in [2.24, 2.45) is 4.99 Å². The number of hydrogen-bond donors (Lipinski definition) is 1. The maximum absolute atomic E-state index is 13.4. The zero-order chi connectivity index (χ0) is 23.4. The first kappa shape index (κ1) is 23.2. The predicted octanol–water partition coefficient (Wildman–Crippen LogP) is 6.61. The third kappa shape index (κ3) is 5.68. The van der Waals surface area contributed by atoms with Crippen LogP contribution in [0.5, 0.6) is 11.5 Å². The van der Waals surface area contributed by atoms with Crippen LogP contribution in [0.2, 0.25) is 10.0 Å². The van der Waals surface area contributed by atoms with E-state index in [9.17, 15) is 9.18 Å². The molecule has 1 heterocycles. The fraction of sp³-hybridized carbons (Fsp3) is 0.0833. The number of benzene rings is 3. The summed E-state index contributed by atoms with van der Waals surface area (Å²) in [5.74, 6) is 0.397. The van der Waals surface area contributed by atoms with Crippen LogP contribution in [0.15, 0.2) is 70.6 Å². The topological polar surface area (TPSA) is 59.9 Å². The van der Waals surface area contributed by atoms with Crippen LogP contribution in [-0.4, -0.2) is 18.2 Å². The van der Waals surface area contributed by atoms with E-state index in [0.717, 1.165) is 5.56 Å². The monoisotopic (exact) mass is 502 g/mol. The number of thioether (sulfide) groups is 1. The largest absolute Gasteiger partial charge is 0.493 e. The van der Waals surface area contributed by atoms with Crippen LogP contribution in [0.1, 0.15) is 11.1 Å². The molecule has 5 nitrogen and oxygen atoms in total. The standard InChI is InChI=1S/C24H17Cl2FN2O3S/c1-31-20-11-14(8-9-19(20)32-13-15-4-2-5-16(27)10-15)12-21-23(30)29-24(33-21)28-18-7-3-6-17(25)22(18)26/h2-12H,13H2,1H3,(H,28,29,30)/b21-12-. The Bertz CT molecular complexity index is 1280. The average Bonchev–Trinajstić information content (AvgIpc) is 3.14. The van der Waals surface area contributed by atoms with Gasteiger partial charge in [0.15, 0.2) is 16.7 Å². The SMILES string of the molecule is COc1cc(/C=C2\SC(=Nc3cccc(Cl)c3Cl)NC2=O)ccc1OCc1cccc(F)c1. The molecule has 0 radical (unpaired) electrons. The van der Waals surface area contributed by atoms with Gasteiger partial charge in [0.05, 0.1) is 27.7 Å². The molecule has 0 spiro atoms. The highest BCUT2D eigenvalue weighted by molar-refractivity contribution is 8.18. The Labute approximate surface area is 204 Å². The Morgan fingerprint density at radius 2 is 1.91 bits per heavy atom. The number of rotatable bonds is 6. The highest BCUT2D eigenvalue weighted by Crippen LogP contribution is 2.35. The Kier molecular flexibility index (Phi) is 7.23. The van der Waals surface area contributed by atoms with Crippen molar-refractivity contribution in [2.45, 2.75) is 6.61 Å². The van der Waals surface area contributed by atoms with Gasteiger partial charge in [-0.3, -0.25) is 4.79 Å². The Morgan fingerprint density at radius 3 is 2.70 bits per heavy atom. The molecule has 0 aliphatic carbocycles. The molecule has 1 amide bonds. The van der Waals surface area contributed by atoms with E-state index in [2.05, 4.69) is 10.3 Å². The number of carbonyl (C=O) groups is 1. The van der Waals surface area contributed by atoms with Crippen molar-refractivity contribution in [3.8, 4) is 11.5 Å². The first-order chi connectivity index (χ1) is 15.9. The third-order valence-corrected chi connectivity index (χ3v) is 6.29. The number of halogens is 3. The summed E-state index contributed by atoms with van der Waals surface area (Å²) < 4.78 is 24.6. The molecule has 0 saturated carbocycles. The number of hydrogen-bond acceptors (Lipinski definition) is 5. The molecule has 0 atom stereocenters. The molecule has 33 heavy (non-hydrogen) atoms. The maximum atomic E-state index is 13.4. The van der Waals surface area contributed by atoms with Gasteiger partial charge in [-0.2, -0.15) is 0 Å². The summed E-state index contributed by atoms with van der Waals surface area (Å²) in [5, 5.41) is 3.82. The lowest BCUT2D eigenvalue weighted by Gasteiger charge is -2.11. The molecule has 3 aromatic carbocycles. The molecule has 0 aromatic heterocycles. The number of aliphatic imine (C=N–C) groups is 1. The molecule has 4 rings (SSSR count). The van der Waals surface area contributed by atoms with E-state index in [1.165, 1.54) is 31.0 Å². The number of ether oxygens (including phenoxy) is 2. The average molecular weight is 503 g/mol. The summed E-state index contributed by atoms with van der Waals surface area (Å²) in [6.45, 7) is 0.193. The van der Waals surface area contributed by atoms with Gasteiger partial charge in [0.1, 0.15) is 12.4 Å². The lowest BCUT2D eigenvalue weighted by Crippen LogP contribution is -2.19. The summed E-state index contributed by atoms with van der Waals surface area (Å²) in [6.07, 6.45) is 1.72. The lowest BCUT2D eigenvalue weighted by molar-refractivity contribution is -0.115. The molecule has 1 aliphatic rings. The molecule has 1 fully saturated rings. The summed E-state index contributed by atoms with van der Waals surface area (Å²) in [5.41, 5.74) is 1.91. The molecule has 1 aliphatic heterocycles. The summed E-state index contributed by atoms with van der Waals surface area (Å²) in [4.78, 5) is 17.3. The quantitative estimate of drug-likeness (QED) is 0.385. The van der Waals surface area contributed by atoms with Crippen LogP contribution >= 0.6 is 35.0 Å². The van der Waals surface area contributed by atoms with Gasteiger partial charge in [0.2, 0.25) is 0 Å². The van der Waals surface area contributed by atoms with Crippen molar-refractivity contribution in [3.05, 3.63) is 92.6 Å². The van der Waals surface area contributed by atoms with Crippen LogP contribution in [0.4, 0.5) is 10.1 Å². The number of nitrogens with zero attached hydrogens (tertiary/aromatic N) is 1. The third-order valence-electron chi connectivity index (χ3n) is 4.57. The smallest absolute Gasteiger partial charge is 0.264 e. The van der Waals surface area contributed by atoms with Gasteiger partial charge in [0, 0.05) is 0 Å². The highest BCUT2D eigenvalue weighted by Gasteiger charge is 2.24. The molecular formula is C24H17Cl2FN2O3S. The summed E-state index contributed by atoms with van der Waals surface area (Å²) in [6, 6.07) is 16.6. The normalized spacial score (nSPS) is 15.7. The number of amidine groups is 1. The van der Waals surface area contributed by atoms with Crippen molar-refractivity contribution in [1.82, 2.24) is 5.32 Å². The van der Waals surface area contributed by atoms with Gasteiger partial charge in [-0.05, 0) is 65.4 Å². The fourth-order valence-electron chi connectivity index (χ4n) is 3.00. The predicted molar refractivity (Wildman–Crippen MR) is 131 cm³/mol. The number of methoxy groups -OCH3 is 1. The number of carbonyl (C=O) groups excluding carboxylic acids is 1. The zero-order valence-electron chi connectivity index (χ0n) is 17.3.